The van der Waals surface area contributed by atoms with Crippen LogP contribution < -0.4 is 10.1 Å². The van der Waals surface area contributed by atoms with Crippen LogP contribution in [0.4, 0.5) is 0 Å². The lowest BCUT2D eigenvalue weighted by Crippen LogP contribution is -2.26. The Morgan fingerprint density at radius 2 is 2.06 bits per heavy atom. The molecule has 5 rings (SSSR count). The SMILES string of the molecule is CCOC(=O)COc1cc(-c2[nH]c3ccc(C4CCNCC4)cc3c2C(C)C)cn2ncnc12. The number of nitrogens with zero attached hydrogens (tertiary/aromatic N) is 3. The van der Waals surface area contributed by atoms with Gasteiger partial charge >= 0.3 is 5.97 Å². The molecule has 0 aliphatic carbocycles. The number of carbonyl (C=O) groups is 1. The van der Waals surface area contributed by atoms with Gasteiger partial charge in [0, 0.05) is 22.7 Å². The molecule has 8 heteroatoms. The Bertz CT molecular complexity index is 1320. The van der Waals surface area contributed by atoms with E-state index in [2.05, 4.69) is 52.4 Å². The summed E-state index contributed by atoms with van der Waals surface area (Å²) in [5.41, 5.74) is 6.31. The van der Waals surface area contributed by atoms with E-state index in [9.17, 15) is 4.79 Å². The average Bonchev–Trinajstić information content (AvgIpc) is 3.47. The Labute approximate surface area is 198 Å². The van der Waals surface area contributed by atoms with Gasteiger partial charge in [-0.3, -0.25) is 0 Å². The van der Waals surface area contributed by atoms with Gasteiger partial charge in [0.1, 0.15) is 6.33 Å². The Morgan fingerprint density at radius 1 is 1.24 bits per heavy atom. The minimum atomic E-state index is -0.413. The molecule has 0 spiro atoms. The summed E-state index contributed by atoms with van der Waals surface area (Å²) in [5, 5.41) is 9.04. The van der Waals surface area contributed by atoms with Gasteiger partial charge in [0.15, 0.2) is 18.0 Å². The number of ether oxygens (including phenoxy) is 2. The number of fused-ring (bicyclic) bond motifs is 2. The van der Waals surface area contributed by atoms with E-state index in [0.29, 0.717) is 29.8 Å². The van der Waals surface area contributed by atoms with E-state index >= 15 is 0 Å². The lowest BCUT2D eigenvalue weighted by molar-refractivity contribution is -0.145. The van der Waals surface area contributed by atoms with Crippen LogP contribution in [0.2, 0.25) is 0 Å². The lowest BCUT2D eigenvalue weighted by atomic mass is 9.88. The average molecular weight is 462 g/mol. The zero-order valence-corrected chi connectivity index (χ0v) is 19.9. The number of rotatable bonds is 7. The van der Waals surface area contributed by atoms with Crippen molar-refractivity contribution in [2.45, 2.75) is 45.4 Å². The van der Waals surface area contributed by atoms with E-state index in [-0.39, 0.29) is 6.61 Å². The molecule has 4 aromatic rings. The van der Waals surface area contributed by atoms with E-state index in [1.165, 1.54) is 35.7 Å². The second kappa shape index (κ2) is 9.46. The second-order valence-corrected chi connectivity index (χ2v) is 9.11. The molecule has 0 bridgehead atoms. The monoisotopic (exact) mass is 461 g/mol. The summed E-state index contributed by atoms with van der Waals surface area (Å²) in [6, 6.07) is 8.76. The van der Waals surface area contributed by atoms with Crippen LogP contribution >= 0.6 is 0 Å². The van der Waals surface area contributed by atoms with Crippen molar-refractivity contribution in [1.29, 1.82) is 0 Å². The van der Waals surface area contributed by atoms with E-state index in [4.69, 9.17) is 9.47 Å². The Kier molecular flexibility index (Phi) is 6.24. The van der Waals surface area contributed by atoms with Crippen LogP contribution in [0.3, 0.4) is 0 Å². The van der Waals surface area contributed by atoms with Gasteiger partial charge in [-0.05, 0) is 74.0 Å². The van der Waals surface area contributed by atoms with E-state index < -0.39 is 5.97 Å². The third-order valence-electron chi connectivity index (χ3n) is 6.53. The highest BCUT2D eigenvalue weighted by atomic mass is 16.6. The maximum absolute atomic E-state index is 11.9. The number of benzene rings is 1. The van der Waals surface area contributed by atoms with E-state index in [1.54, 1.807) is 11.4 Å². The molecule has 0 amide bonds. The van der Waals surface area contributed by atoms with Crippen LogP contribution in [0.15, 0.2) is 36.8 Å². The number of carbonyl (C=O) groups excluding carboxylic acids is 1. The van der Waals surface area contributed by atoms with Gasteiger partial charge < -0.3 is 19.8 Å². The first-order valence-corrected chi connectivity index (χ1v) is 12.0. The molecule has 0 unspecified atom stereocenters. The maximum Gasteiger partial charge on any atom is 0.344 e. The molecule has 178 valence electrons. The second-order valence-electron chi connectivity index (χ2n) is 9.11. The van der Waals surface area contributed by atoms with Crippen molar-refractivity contribution in [3.05, 3.63) is 47.9 Å². The fraction of sp³-hybridized carbons (Fsp3) is 0.423. The van der Waals surface area contributed by atoms with Gasteiger partial charge in [0.25, 0.3) is 0 Å². The van der Waals surface area contributed by atoms with Crippen molar-refractivity contribution in [1.82, 2.24) is 24.9 Å². The van der Waals surface area contributed by atoms with Gasteiger partial charge in [-0.25, -0.2) is 14.3 Å². The molecule has 0 radical (unpaired) electrons. The molecule has 34 heavy (non-hydrogen) atoms. The first kappa shape index (κ1) is 22.4. The predicted molar refractivity (Wildman–Crippen MR) is 131 cm³/mol. The number of aromatic amines is 1. The molecule has 2 N–H and O–H groups in total. The predicted octanol–water partition coefficient (Wildman–Crippen LogP) is 4.41. The quantitative estimate of drug-likeness (QED) is 0.396. The van der Waals surface area contributed by atoms with Crippen molar-refractivity contribution < 1.29 is 14.3 Å². The van der Waals surface area contributed by atoms with E-state index in [0.717, 1.165) is 29.9 Å². The number of piperidine rings is 1. The number of hydrogen-bond donors (Lipinski definition) is 2. The summed E-state index contributed by atoms with van der Waals surface area (Å²) in [6.07, 6.45) is 5.77. The summed E-state index contributed by atoms with van der Waals surface area (Å²) in [7, 11) is 0. The third kappa shape index (κ3) is 4.25. The minimum absolute atomic E-state index is 0.177. The highest BCUT2D eigenvalue weighted by molar-refractivity contribution is 5.92. The highest BCUT2D eigenvalue weighted by Crippen LogP contribution is 2.39. The van der Waals surface area contributed by atoms with Crippen LogP contribution in [0.5, 0.6) is 5.75 Å². The lowest BCUT2D eigenvalue weighted by Gasteiger charge is -2.23. The van der Waals surface area contributed by atoms with Crippen molar-refractivity contribution in [3.63, 3.8) is 0 Å². The van der Waals surface area contributed by atoms with Gasteiger partial charge in [-0.1, -0.05) is 19.9 Å². The maximum atomic E-state index is 11.9. The summed E-state index contributed by atoms with van der Waals surface area (Å²) >= 11 is 0. The molecule has 0 saturated carbocycles. The molecule has 8 nitrogen and oxygen atoms in total. The first-order valence-electron chi connectivity index (χ1n) is 12.0. The zero-order valence-electron chi connectivity index (χ0n) is 19.9. The van der Waals surface area contributed by atoms with Crippen LogP contribution in [-0.4, -0.2) is 51.9 Å². The molecular formula is C26H31N5O3. The molecule has 1 aliphatic heterocycles. The molecule has 1 saturated heterocycles. The number of hydrogen-bond acceptors (Lipinski definition) is 6. The number of aromatic nitrogens is 4. The normalized spacial score (nSPS) is 14.8. The number of H-pyrrole nitrogens is 1. The highest BCUT2D eigenvalue weighted by Gasteiger charge is 2.21. The van der Waals surface area contributed by atoms with Crippen LogP contribution in [-0.2, 0) is 9.53 Å². The number of pyridine rings is 1. The van der Waals surface area contributed by atoms with Crippen molar-refractivity contribution in [2.75, 3.05) is 26.3 Å². The summed E-state index contributed by atoms with van der Waals surface area (Å²) in [5.74, 6) is 0.983. The minimum Gasteiger partial charge on any atom is -0.478 e. The molecule has 0 atom stereocenters. The molecular weight excluding hydrogens is 430 g/mol. The van der Waals surface area contributed by atoms with Gasteiger partial charge in [-0.15, -0.1) is 0 Å². The van der Waals surface area contributed by atoms with Crippen molar-refractivity contribution >= 4 is 22.5 Å². The fourth-order valence-electron chi connectivity index (χ4n) is 4.94. The number of nitrogens with one attached hydrogen (secondary N) is 2. The summed E-state index contributed by atoms with van der Waals surface area (Å²) in [6.45, 7) is 8.49. The van der Waals surface area contributed by atoms with Gasteiger partial charge in [0.05, 0.1) is 12.3 Å². The first-order chi connectivity index (χ1) is 16.5. The number of esters is 1. The van der Waals surface area contributed by atoms with E-state index in [1.807, 2.05) is 12.3 Å². The molecule has 1 aliphatic rings. The molecule has 1 aromatic carbocycles. The smallest absolute Gasteiger partial charge is 0.344 e. The van der Waals surface area contributed by atoms with Crippen molar-refractivity contribution in [3.8, 4) is 17.0 Å². The Morgan fingerprint density at radius 3 is 2.82 bits per heavy atom. The van der Waals surface area contributed by atoms with Crippen molar-refractivity contribution in [2.24, 2.45) is 0 Å². The standard InChI is InChI=1S/C26H31N5O3/c1-4-33-23(32)14-34-22-12-19(13-31-26(22)28-15-29-31)25-24(16(2)3)20-11-18(5-6-21(20)30-25)17-7-9-27-10-8-17/h5-6,11-13,15-17,27,30H,4,7-10,14H2,1-3H3. The zero-order chi connectivity index (χ0) is 23.7. The Hall–Kier alpha value is -3.39. The van der Waals surface area contributed by atoms with Crippen LogP contribution in [0.1, 0.15) is 56.6 Å². The topological polar surface area (TPSA) is 93.5 Å². The molecule has 1 fully saturated rings. The van der Waals surface area contributed by atoms with Crippen LogP contribution in [0.25, 0.3) is 27.8 Å². The largest absolute Gasteiger partial charge is 0.478 e. The molecule has 4 heterocycles. The Balaban J connectivity index is 1.58. The fourth-order valence-corrected chi connectivity index (χ4v) is 4.94. The van der Waals surface area contributed by atoms with Gasteiger partial charge in [0.2, 0.25) is 0 Å². The third-order valence-corrected chi connectivity index (χ3v) is 6.53. The van der Waals surface area contributed by atoms with Crippen LogP contribution in [0, 0.1) is 0 Å². The summed E-state index contributed by atoms with van der Waals surface area (Å²) in [4.78, 5) is 19.8. The van der Waals surface area contributed by atoms with Gasteiger partial charge in [-0.2, -0.15) is 5.10 Å². The molecule has 3 aromatic heterocycles. The summed E-state index contributed by atoms with van der Waals surface area (Å²) < 4.78 is 12.5.